The minimum absolute atomic E-state index is 0.00543. The molecule has 23 heavy (non-hydrogen) atoms. The highest BCUT2D eigenvalue weighted by molar-refractivity contribution is 7.92. The molecule has 1 N–H and O–H groups in total. The summed E-state index contributed by atoms with van der Waals surface area (Å²) < 4.78 is 38.8. The SMILES string of the molecule is C[C@@H](C(=O)Nc1ccccc1F)N(c1ccccc1)S(C)(=O)=O. The molecule has 0 fully saturated rings. The third kappa shape index (κ3) is 4.07. The van der Waals surface area contributed by atoms with E-state index >= 15 is 0 Å². The van der Waals surface area contributed by atoms with E-state index in [9.17, 15) is 17.6 Å². The maximum Gasteiger partial charge on any atom is 0.248 e. The first-order chi connectivity index (χ1) is 10.8. The van der Waals surface area contributed by atoms with Gasteiger partial charge in [0.15, 0.2) is 0 Å². The van der Waals surface area contributed by atoms with Crippen LogP contribution in [0.15, 0.2) is 54.6 Å². The molecular formula is C16H17FN2O3S. The van der Waals surface area contributed by atoms with Crippen molar-refractivity contribution in [3.05, 3.63) is 60.4 Å². The van der Waals surface area contributed by atoms with Gasteiger partial charge in [-0.15, -0.1) is 0 Å². The number of sulfonamides is 1. The van der Waals surface area contributed by atoms with Gasteiger partial charge in [-0.05, 0) is 31.2 Å². The molecule has 0 heterocycles. The van der Waals surface area contributed by atoms with Crippen LogP contribution in [-0.4, -0.2) is 26.6 Å². The van der Waals surface area contributed by atoms with Gasteiger partial charge in [-0.25, -0.2) is 12.8 Å². The highest BCUT2D eigenvalue weighted by Gasteiger charge is 2.29. The Morgan fingerprint density at radius 1 is 1.09 bits per heavy atom. The van der Waals surface area contributed by atoms with Crippen LogP contribution in [0.5, 0.6) is 0 Å². The van der Waals surface area contributed by atoms with Gasteiger partial charge in [-0.2, -0.15) is 0 Å². The molecule has 0 aromatic heterocycles. The van der Waals surface area contributed by atoms with E-state index in [1.165, 1.54) is 25.1 Å². The molecule has 0 aliphatic heterocycles. The maximum atomic E-state index is 13.6. The summed E-state index contributed by atoms with van der Waals surface area (Å²) in [6.07, 6.45) is 1.02. The van der Waals surface area contributed by atoms with Crippen LogP contribution in [-0.2, 0) is 14.8 Å². The van der Waals surface area contributed by atoms with Crippen LogP contribution in [0.1, 0.15) is 6.92 Å². The molecule has 2 aromatic rings. The second kappa shape index (κ2) is 6.78. The Morgan fingerprint density at radius 3 is 2.22 bits per heavy atom. The van der Waals surface area contributed by atoms with Crippen LogP contribution in [0.2, 0.25) is 0 Å². The fraction of sp³-hybridized carbons (Fsp3) is 0.188. The van der Waals surface area contributed by atoms with Gasteiger partial charge < -0.3 is 5.32 Å². The zero-order valence-corrected chi connectivity index (χ0v) is 13.5. The molecule has 0 radical (unpaired) electrons. The molecule has 0 saturated heterocycles. The van der Waals surface area contributed by atoms with Gasteiger partial charge in [-0.1, -0.05) is 30.3 Å². The predicted molar refractivity (Wildman–Crippen MR) is 88.3 cm³/mol. The molecule has 0 saturated carbocycles. The molecule has 0 aliphatic rings. The van der Waals surface area contributed by atoms with Crippen molar-refractivity contribution >= 4 is 27.3 Å². The second-order valence-corrected chi connectivity index (χ2v) is 6.90. The summed E-state index contributed by atoms with van der Waals surface area (Å²) in [4.78, 5) is 12.3. The first-order valence-electron chi connectivity index (χ1n) is 6.90. The number of halogens is 1. The summed E-state index contributed by atoms with van der Waals surface area (Å²) in [5.41, 5.74) is 0.372. The first kappa shape index (κ1) is 17.0. The Balaban J connectivity index is 2.29. The summed E-state index contributed by atoms with van der Waals surface area (Å²) in [5.74, 6) is -1.21. The van der Waals surface area contributed by atoms with Crippen molar-refractivity contribution in [2.45, 2.75) is 13.0 Å². The van der Waals surface area contributed by atoms with Crippen LogP contribution in [0, 0.1) is 5.82 Å². The molecule has 2 rings (SSSR count). The van der Waals surface area contributed by atoms with Crippen molar-refractivity contribution < 1.29 is 17.6 Å². The minimum atomic E-state index is -3.69. The molecule has 0 aliphatic carbocycles. The lowest BCUT2D eigenvalue weighted by atomic mass is 10.2. The van der Waals surface area contributed by atoms with E-state index in [0.29, 0.717) is 5.69 Å². The lowest BCUT2D eigenvalue weighted by Gasteiger charge is -2.28. The molecular weight excluding hydrogens is 319 g/mol. The monoisotopic (exact) mass is 336 g/mol. The predicted octanol–water partition coefficient (Wildman–Crippen LogP) is 2.62. The van der Waals surface area contributed by atoms with Crippen molar-refractivity contribution in [2.24, 2.45) is 0 Å². The third-order valence-corrected chi connectivity index (χ3v) is 4.47. The quantitative estimate of drug-likeness (QED) is 0.913. The molecule has 1 amide bonds. The van der Waals surface area contributed by atoms with Crippen LogP contribution in [0.4, 0.5) is 15.8 Å². The van der Waals surface area contributed by atoms with Crippen molar-refractivity contribution in [3.8, 4) is 0 Å². The zero-order valence-electron chi connectivity index (χ0n) is 12.7. The van der Waals surface area contributed by atoms with Crippen molar-refractivity contribution in [1.82, 2.24) is 0 Å². The molecule has 1 atom stereocenters. The third-order valence-electron chi connectivity index (χ3n) is 3.23. The zero-order chi connectivity index (χ0) is 17.0. The number of nitrogens with zero attached hydrogens (tertiary/aromatic N) is 1. The summed E-state index contributed by atoms with van der Waals surface area (Å²) in [5, 5.41) is 2.41. The highest BCUT2D eigenvalue weighted by Crippen LogP contribution is 2.21. The number of rotatable bonds is 5. The van der Waals surface area contributed by atoms with E-state index in [1.54, 1.807) is 36.4 Å². The van der Waals surface area contributed by atoms with Crippen molar-refractivity contribution in [3.63, 3.8) is 0 Å². The van der Waals surface area contributed by atoms with Gasteiger partial charge in [0.1, 0.15) is 11.9 Å². The van der Waals surface area contributed by atoms with Crippen LogP contribution >= 0.6 is 0 Å². The van der Waals surface area contributed by atoms with Crippen molar-refractivity contribution in [1.29, 1.82) is 0 Å². The first-order valence-corrected chi connectivity index (χ1v) is 8.75. The molecule has 0 spiro atoms. The van der Waals surface area contributed by atoms with E-state index in [0.717, 1.165) is 10.6 Å². The van der Waals surface area contributed by atoms with Gasteiger partial charge in [-0.3, -0.25) is 9.10 Å². The maximum absolute atomic E-state index is 13.6. The molecule has 5 nitrogen and oxygen atoms in total. The van der Waals surface area contributed by atoms with Crippen LogP contribution in [0.25, 0.3) is 0 Å². The number of benzene rings is 2. The van der Waals surface area contributed by atoms with E-state index in [4.69, 9.17) is 0 Å². The minimum Gasteiger partial charge on any atom is -0.322 e. The number of amides is 1. The fourth-order valence-electron chi connectivity index (χ4n) is 2.18. The normalized spacial score (nSPS) is 12.5. The lowest BCUT2D eigenvalue weighted by Crippen LogP contribution is -2.45. The molecule has 2 aromatic carbocycles. The average molecular weight is 336 g/mol. The largest absolute Gasteiger partial charge is 0.322 e. The Kier molecular flexibility index (Phi) is 5.00. The molecule has 0 bridgehead atoms. The molecule has 122 valence electrons. The number of carbonyl (C=O) groups is 1. The van der Waals surface area contributed by atoms with Gasteiger partial charge in [0.2, 0.25) is 15.9 Å². The van der Waals surface area contributed by atoms with Crippen LogP contribution < -0.4 is 9.62 Å². The highest BCUT2D eigenvalue weighted by atomic mass is 32.2. The Morgan fingerprint density at radius 2 is 1.65 bits per heavy atom. The smallest absolute Gasteiger partial charge is 0.248 e. The Hall–Kier alpha value is -2.41. The standard InChI is InChI=1S/C16H17FN2O3S/c1-12(16(20)18-15-11-7-6-10-14(15)17)19(23(2,21)22)13-8-4-3-5-9-13/h3-12H,1-2H3,(H,18,20)/t12-/m0/s1. The van der Waals surface area contributed by atoms with E-state index in [2.05, 4.69) is 5.32 Å². The lowest BCUT2D eigenvalue weighted by molar-refractivity contribution is -0.116. The topological polar surface area (TPSA) is 66.5 Å². The summed E-state index contributed by atoms with van der Waals surface area (Å²) in [7, 11) is -3.69. The fourth-order valence-corrected chi connectivity index (χ4v) is 3.36. The van der Waals surface area contributed by atoms with Gasteiger partial charge in [0, 0.05) is 0 Å². The second-order valence-electron chi connectivity index (χ2n) is 5.04. The Bertz CT molecular complexity index is 794. The van der Waals surface area contributed by atoms with E-state index in [1.807, 2.05) is 0 Å². The van der Waals surface area contributed by atoms with Crippen molar-refractivity contribution in [2.75, 3.05) is 15.9 Å². The van der Waals surface area contributed by atoms with Gasteiger partial charge in [0.05, 0.1) is 17.6 Å². The van der Waals surface area contributed by atoms with Crippen LogP contribution in [0.3, 0.4) is 0 Å². The average Bonchev–Trinajstić information content (AvgIpc) is 2.49. The van der Waals surface area contributed by atoms with Gasteiger partial charge >= 0.3 is 0 Å². The summed E-state index contributed by atoms with van der Waals surface area (Å²) in [6, 6.07) is 12.9. The number of hydrogen-bond acceptors (Lipinski definition) is 3. The number of nitrogens with one attached hydrogen (secondary N) is 1. The van der Waals surface area contributed by atoms with Gasteiger partial charge in [0.25, 0.3) is 0 Å². The summed E-state index contributed by atoms with van der Waals surface area (Å²) >= 11 is 0. The molecule has 7 heteroatoms. The Labute approximate surface area is 134 Å². The summed E-state index contributed by atoms with van der Waals surface area (Å²) in [6.45, 7) is 1.45. The number of hydrogen-bond donors (Lipinski definition) is 1. The number of para-hydroxylation sites is 2. The van der Waals surface area contributed by atoms with E-state index < -0.39 is 27.8 Å². The van der Waals surface area contributed by atoms with E-state index in [-0.39, 0.29) is 5.69 Å². The number of anilines is 2. The molecule has 0 unspecified atom stereocenters. The number of carbonyl (C=O) groups excluding carboxylic acids is 1.